The number of rotatable bonds is 3. The van der Waals surface area contributed by atoms with E-state index >= 15 is 0 Å². The lowest BCUT2D eigenvalue weighted by Crippen LogP contribution is -2.09. The molecule has 2 N–H and O–H groups in total. The monoisotopic (exact) mass is 279 g/mol. The summed E-state index contributed by atoms with van der Waals surface area (Å²) in [6.45, 7) is -0.139. The number of hydrogen-bond acceptors (Lipinski definition) is 3. The first-order valence-corrected chi connectivity index (χ1v) is 6.48. The number of nitrogens with one attached hydrogen (secondary N) is 1. The molecule has 0 amide bonds. The van der Waals surface area contributed by atoms with Crippen LogP contribution >= 0.6 is 15.9 Å². The Bertz CT molecular complexity index is 430. The molecular formula is C8H10BrNO3S. The van der Waals surface area contributed by atoms with Crippen molar-refractivity contribution in [2.75, 3.05) is 11.0 Å². The van der Waals surface area contributed by atoms with Crippen LogP contribution in [0, 0.1) is 0 Å². The van der Waals surface area contributed by atoms with Crippen LogP contribution in [0.3, 0.4) is 0 Å². The molecule has 0 bridgehead atoms. The molecule has 0 aliphatic rings. The van der Waals surface area contributed by atoms with Crippen LogP contribution in [0.4, 0.5) is 5.69 Å². The Labute approximate surface area is 91.1 Å². The summed E-state index contributed by atoms with van der Waals surface area (Å²) in [5.74, 6) is 0. The number of aliphatic hydroxyl groups is 1. The van der Waals surface area contributed by atoms with E-state index in [0.29, 0.717) is 11.3 Å². The van der Waals surface area contributed by atoms with Gasteiger partial charge in [-0.2, -0.15) is 0 Å². The summed E-state index contributed by atoms with van der Waals surface area (Å²) in [5.41, 5.74) is 1.08. The Kier molecular flexibility index (Phi) is 3.52. The van der Waals surface area contributed by atoms with Gasteiger partial charge in [-0.3, -0.25) is 4.72 Å². The van der Waals surface area contributed by atoms with Crippen LogP contribution in [0.25, 0.3) is 0 Å². The molecule has 0 aromatic heterocycles. The zero-order chi connectivity index (χ0) is 10.8. The van der Waals surface area contributed by atoms with E-state index in [2.05, 4.69) is 20.7 Å². The van der Waals surface area contributed by atoms with E-state index in [1.807, 2.05) is 0 Å². The quantitative estimate of drug-likeness (QED) is 0.877. The molecule has 0 saturated carbocycles. The molecule has 0 radical (unpaired) electrons. The van der Waals surface area contributed by atoms with Crippen molar-refractivity contribution in [2.45, 2.75) is 6.61 Å². The van der Waals surface area contributed by atoms with E-state index in [1.165, 1.54) is 0 Å². The standard InChI is InChI=1S/C8H10BrNO3S/c1-14(12,13)10-7-2-3-8(9)6(4-7)5-11/h2-4,10-11H,5H2,1H3. The van der Waals surface area contributed by atoms with Gasteiger partial charge < -0.3 is 5.11 Å². The molecule has 0 saturated heterocycles. The number of hydrogen-bond donors (Lipinski definition) is 2. The number of aliphatic hydroxyl groups excluding tert-OH is 1. The van der Waals surface area contributed by atoms with Crippen LogP contribution in [0.1, 0.15) is 5.56 Å². The summed E-state index contributed by atoms with van der Waals surface area (Å²) in [7, 11) is -3.26. The molecule has 0 atom stereocenters. The average Bonchev–Trinajstić information content (AvgIpc) is 2.06. The van der Waals surface area contributed by atoms with E-state index in [-0.39, 0.29) is 6.61 Å². The Morgan fingerprint density at radius 1 is 1.50 bits per heavy atom. The highest BCUT2D eigenvalue weighted by Gasteiger charge is 2.04. The number of halogens is 1. The van der Waals surface area contributed by atoms with Gasteiger partial charge in [0.1, 0.15) is 0 Å². The van der Waals surface area contributed by atoms with Gasteiger partial charge in [0.25, 0.3) is 0 Å². The first-order chi connectivity index (χ1) is 6.42. The summed E-state index contributed by atoms with van der Waals surface area (Å²) in [5, 5.41) is 8.93. The minimum atomic E-state index is -3.26. The number of sulfonamides is 1. The van der Waals surface area contributed by atoms with Crippen LogP contribution in [0.15, 0.2) is 22.7 Å². The summed E-state index contributed by atoms with van der Waals surface area (Å²) in [6.07, 6.45) is 1.08. The van der Waals surface area contributed by atoms with Crippen molar-refractivity contribution >= 4 is 31.6 Å². The van der Waals surface area contributed by atoms with Gasteiger partial charge in [-0.15, -0.1) is 0 Å². The second-order valence-electron chi connectivity index (χ2n) is 2.84. The first-order valence-electron chi connectivity index (χ1n) is 3.79. The molecule has 1 aromatic carbocycles. The summed E-state index contributed by atoms with van der Waals surface area (Å²) >= 11 is 3.23. The van der Waals surface area contributed by atoms with Crippen molar-refractivity contribution in [3.63, 3.8) is 0 Å². The average molecular weight is 280 g/mol. The predicted molar refractivity (Wildman–Crippen MR) is 58.5 cm³/mol. The summed E-state index contributed by atoms with van der Waals surface area (Å²) in [6, 6.07) is 4.87. The van der Waals surface area contributed by atoms with E-state index in [1.54, 1.807) is 18.2 Å². The van der Waals surface area contributed by atoms with Gasteiger partial charge in [-0.05, 0) is 23.8 Å². The van der Waals surface area contributed by atoms with Gasteiger partial charge in [-0.25, -0.2) is 8.42 Å². The molecule has 6 heteroatoms. The Morgan fingerprint density at radius 2 is 2.14 bits per heavy atom. The van der Waals surface area contributed by atoms with Crippen LogP contribution < -0.4 is 4.72 Å². The van der Waals surface area contributed by atoms with Crippen molar-refractivity contribution in [3.8, 4) is 0 Å². The molecule has 0 aliphatic heterocycles. The van der Waals surface area contributed by atoms with Gasteiger partial charge in [-0.1, -0.05) is 15.9 Å². The molecule has 0 heterocycles. The van der Waals surface area contributed by atoms with Crippen molar-refractivity contribution in [1.82, 2.24) is 0 Å². The van der Waals surface area contributed by atoms with Gasteiger partial charge >= 0.3 is 0 Å². The SMILES string of the molecule is CS(=O)(=O)Nc1ccc(Br)c(CO)c1. The number of benzene rings is 1. The van der Waals surface area contributed by atoms with Gasteiger partial charge in [0.2, 0.25) is 10.0 Å². The molecule has 4 nitrogen and oxygen atoms in total. The molecule has 0 aliphatic carbocycles. The van der Waals surface area contributed by atoms with E-state index in [4.69, 9.17) is 5.11 Å². The fourth-order valence-corrected chi connectivity index (χ4v) is 1.90. The zero-order valence-corrected chi connectivity index (χ0v) is 9.89. The zero-order valence-electron chi connectivity index (χ0n) is 7.49. The second-order valence-corrected chi connectivity index (χ2v) is 5.44. The second kappa shape index (κ2) is 4.29. The highest BCUT2D eigenvalue weighted by Crippen LogP contribution is 2.21. The summed E-state index contributed by atoms with van der Waals surface area (Å²) in [4.78, 5) is 0. The third-order valence-electron chi connectivity index (χ3n) is 1.52. The van der Waals surface area contributed by atoms with Crippen molar-refractivity contribution < 1.29 is 13.5 Å². The van der Waals surface area contributed by atoms with Crippen molar-refractivity contribution in [1.29, 1.82) is 0 Å². The minimum Gasteiger partial charge on any atom is -0.392 e. The molecule has 0 fully saturated rings. The van der Waals surface area contributed by atoms with Crippen LogP contribution in [0.2, 0.25) is 0 Å². The van der Waals surface area contributed by atoms with Crippen LogP contribution in [-0.4, -0.2) is 19.8 Å². The van der Waals surface area contributed by atoms with Gasteiger partial charge in [0.05, 0.1) is 12.9 Å². The normalized spacial score (nSPS) is 11.4. The largest absolute Gasteiger partial charge is 0.392 e. The molecule has 1 aromatic rings. The highest BCUT2D eigenvalue weighted by molar-refractivity contribution is 9.10. The lowest BCUT2D eigenvalue weighted by molar-refractivity contribution is 0.281. The van der Waals surface area contributed by atoms with Crippen molar-refractivity contribution in [2.24, 2.45) is 0 Å². The van der Waals surface area contributed by atoms with E-state index < -0.39 is 10.0 Å². The van der Waals surface area contributed by atoms with Crippen molar-refractivity contribution in [3.05, 3.63) is 28.2 Å². The third kappa shape index (κ3) is 3.28. The summed E-state index contributed by atoms with van der Waals surface area (Å²) < 4.78 is 24.9. The molecule has 0 unspecified atom stereocenters. The third-order valence-corrected chi connectivity index (χ3v) is 2.90. The highest BCUT2D eigenvalue weighted by atomic mass is 79.9. The van der Waals surface area contributed by atoms with Gasteiger partial charge in [0, 0.05) is 10.2 Å². The lowest BCUT2D eigenvalue weighted by Gasteiger charge is -2.06. The minimum absolute atomic E-state index is 0.139. The van der Waals surface area contributed by atoms with E-state index in [9.17, 15) is 8.42 Å². The molecular weight excluding hydrogens is 270 g/mol. The van der Waals surface area contributed by atoms with Crippen LogP contribution in [-0.2, 0) is 16.6 Å². The molecule has 14 heavy (non-hydrogen) atoms. The lowest BCUT2D eigenvalue weighted by atomic mass is 10.2. The maximum Gasteiger partial charge on any atom is 0.229 e. The fraction of sp³-hybridized carbons (Fsp3) is 0.250. The maximum absolute atomic E-state index is 10.9. The van der Waals surface area contributed by atoms with E-state index in [0.717, 1.165) is 10.7 Å². The van der Waals surface area contributed by atoms with Gasteiger partial charge in [0.15, 0.2) is 0 Å². The fourth-order valence-electron chi connectivity index (χ4n) is 0.973. The topological polar surface area (TPSA) is 66.4 Å². The Hall–Kier alpha value is -0.590. The maximum atomic E-state index is 10.9. The Balaban J connectivity index is 3.01. The Morgan fingerprint density at radius 3 is 2.64 bits per heavy atom. The van der Waals surface area contributed by atoms with Crippen LogP contribution in [0.5, 0.6) is 0 Å². The molecule has 1 rings (SSSR count). The number of anilines is 1. The predicted octanol–water partition coefficient (Wildman–Crippen LogP) is 1.31. The first kappa shape index (κ1) is 11.5. The molecule has 78 valence electrons. The smallest absolute Gasteiger partial charge is 0.229 e. The molecule has 0 spiro atoms.